The van der Waals surface area contributed by atoms with Gasteiger partial charge in [0.2, 0.25) is 5.91 Å². The zero-order chi connectivity index (χ0) is 21.3. The first-order valence-electron chi connectivity index (χ1n) is 10.8. The van der Waals surface area contributed by atoms with Crippen LogP contribution in [0.3, 0.4) is 0 Å². The van der Waals surface area contributed by atoms with Crippen LogP contribution in [-0.2, 0) is 24.2 Å². The number of amides is 1. The van der Waals surface area contributed by atoms with Crippen LogP contribution in [0.4, 0.5) is 0 Å². The molecule has 1 aliphatic rings. The van der Waals surface area contributed by atoms with Crippen LogP contribution in [0.25, 0.3) is 0 Å². The van der Waals surface area contributed by atoms with Crippen molar-refractivity contribution in [2.75, 3.05) is 40.3 Å². The Balaban J connectivity index is 1.60. The number of nitrogens with zero attached hydrogens (tertiary/aromatic N) is 2. The highest BCUT2D eigenvalue weighted by Gasteiger charge is 2.17. The van der Waals surface area contributed by atoms with E-state index in [1.54, 1.807) is 0 Å². The van der Waals surface area contributed by atoms with E-state index in [0.717, 1.165) is 43.6 Å². The number of likely N-dealkylation sites (N-methyl/N-ethyl adjacent to an activating group) is 1. The summed E-state index contributed by atoms with van der Waals surface area (Å²) < 4.78 is 0. The standard InChI is InChI=1S/C25H33N3O2/c1-27(2)16-17-28(19-20-6-4-3-5-7-20)25(30)11-10-24(29)23-9-8-21-12-14-26-15-13-22(21)18-23/h3-9,18,26H,10-17,19H2,1-2H3. The number of fused-ring (bicyclic) bond motifs is 1. The van der Waals surface area contributed by atoms with Gasteiger partial charge in [0.1, 0.15) is 0 Å². The number of nitrogens with one attached hydrogen (secondary N) is 1. The van der Waals surface area contributed by atoms with Crippen LogP contribution in [0.2, 0.25) is 0 Å². The number of hydrogen-bond donors (Lipinski definition) is 1. The lowest BCUT2D eigenvalue weighted by Gasteiger charge is -2.24. The van der Waals surface area contributed by atoms with E-state index in [4.69, 9.17) is 0 Å². The van der Waals surface area contributed by atoms with Gasteiger partial charge in [-0.2, -0.15) is 0 Å². The monoisotopic (exact) mass is 407 g/mol. The minimum atomic E-state index is 0.0352. The molecule has 0 spiro atoms. The van der Waals surface area contributed by atoms with Crippen molar-refractivity contribution >= 4 is 11.7 Å². The van der Waals surface area contributed by atoms with Crippen molar-refractivity contribution in [2.45, 2.75) is 32.2 Å². The van der Waals surface area contributed by atoms with E-state index < -0.39 is 0 Å². The van der Waals surface area contributed by atoms with E-state index >= 15 is 0 Å². The Kier molecular flexibility index (Phi) is 8.17. The summed E-state index contributed by atoms with van der Waals surface area (Å²) in [6, 6.07) is 16.1. The van der Waals surface area contributed by atoms with Crippen LogP contribution in [0.15, 0.2) is 48.5 Å². The number of benzene rings is 2. The molecule has 5 heteroatoms. The van der Waals surface area contributed by atoms with Crippen LogP contribution in [0.1, 0.15) is 39.9 Å². The molecular weight excluding hydrogens is 374 g/mol. The summed E-state index contributed by atoms with van der Waals surface area (Å²) in [6.45, 7) is 3.96. The Morgan fingerprint density at radius 1 is 0.900 bits per heavy atom. The molecule has 0 aliphatic carbocycles. The summed E-state index contributed by atoms with van der Waals surface area (Å²) in [5.41, 5.74) is 4.42. The molecule has 0 unspecified atom stereocenters. The van der Waals surface area contributed by atoms with Gasteiger partial charge >= 0.3 is 0 Å². The molecular formula is C25H33N3O2. The molecule has 0 atom stereocenters. The van der Waals surface area contributed by atoms with Gasteiger partial charge in [0, 0.05) is 38.0 Å². The van der Waals surface area contributed by atoms with Gasteiger partial charge in [0.05, 0.1) is 0 Å². The highest BCUT2D eigenvalue weighted by molar-refractivity contribution is 5.98. The molecule has 0 saturated heterocycles. The van der Waals surface area contributed by atoms with Gasteiger partial charge in [-0.15, -0.1) is 0 Å². The molecule has 0 bridgehead atoms. The van der Waals surface area contributed by atoms with E-state index in [0.29, 0.717) is 13.1 Å². The Labute approximate surface area is 180 Å². The van der Waals surface area contributed by atoms with Crippen molar-refractivity contribution in [3.05, 3.63) is 70.8 Å². The van der Waals surface area contributed by atoms with Gasteiger partial charge < -0.3 is 15.1 Å². The average molecular weight is 408 g/mol. The lowest BCUT2D eigenvalue weighted by Crippen LogP contribution is -2.36. The molecule has 5 nitrogen and oxygen atoms in total. The molecule has 2 aromatic rings. The fourth-order valence-electron chi connectivity index (χ4n) is 3.79. The van der Waals surface area contributed by atoms with Gasteiger partial charge in [0.15, 0.2) is 5.78 Å². The number of carbonyl (C=O) groups is 2. The van der Waals surface area contributed by atoms with Crippen LogP contribution in [0.5, 0.6) is 0 Å². The normalized spacial score (nSPS) is 13.6. The first-order valence-corrected chi connectivity index (χ1v) is 10.8. The highest BCUT2D eigenvalue weighted by Crippen LogP contribution is 2.17. The molecule has 1 heterocycles. The number of rotatable bonds is 9. The van der Waals surface area contributed by atoms with Crippen LogP contribution >= 0.6 is 0 Å². The zero-order valence-corrected chi connectivity index (χ0v) is 18.2. The molecule has 1 aliphatic heterocycles. The summed E-state index contributed by atoms with van der Waals surface area (Å²) in [4.78, 5) is 29.6. The highest BCUT2D eigenvalue weighted by atomic mass is 16.2. The number of Topliss-reactive ketones (excluding diaryl/α,β-unsaturated/α-hetero) is 1. The maximum atomic E-state index is 12.9. The number of ketones is 1. The molecule has 2 aromatic carbocycles. The molecule has 30 heavy (non-hydrogen) atoms. The van der Waals surface area contributed by atoms with Crippen LogP contribution in [0, 0.1) is 0 Å². The predicted molar refractivity (Wildman–Crippen MR) is 121 cm³/mol. The minimum Gasteiger partial charge on any atom is -0.337 e. The van der Waals surface area contributed by atoms with E-state index in [2.05, 4.69) is 16.3 Å². The summed E-state index contributed by atoms with van der Waals surface area (Å²) in [5.74, 6) is 0.0867. The van der Waals surface area contributed by atoms with Gasteiger partial charge in [-0.3, -0.25) is 9.59 Å². The lowest BCUT2D eigenvalue weighted by molar-refractivity contribution is -0.131. The minimum absolute atomic E-state index is 0.0352. The summed E-state index contributed by atoms with van der Waals surface area (Å²) in [6.07, 6.45) is 2.45. The zero-order valence-electron chi connectivity index (χ0n) is 18.2. The van der Waals surface area contributed by atoms with E-state index in [9.17, 15) is 9.59 Å². The molecule has 0 saturated carbocycles. The van der Waals surface area contributed by atoms with Crippen molar-refractivity contribution in [1.29, 1.82) is 0 Å². The first kappa shape index (κ1) is 22.2. The summed E-state index contributed by atoms with van der Waals surface area (Å²) in [5, 5.41) is 3.40. The second kappa shape index (κ2) is 11.0. The fourth-order valence-corrected chi connectivity index (χ4v) is 3.79. The average Bonchev–Trinajstić information content (AvgIpc) is 3.00. The quantitative estimate of drug-likeness (QED) is 0.650. The smallest absolute Gasteiger partial charge is 0.223 e. The maximum Gasteiger partial charge on any atom is 0.223 e. The van der Waals surface area contributed by atoms with Gasteiger partial charge in [-0.05, 0) is 62.8 Å². The number of hydrogen-bond acceptors (Lipinski definition) is 4. The van der Waals surface area contributed by atoms with Crippen LogP contribution < -0.4 is 5.32 Å². The second-order valence-electron chi connectivity index (χ2n) is 8.26. The molecule has 0 fully saturated rings. The third kappa shape index (κ3) is 6.51. The fraction of sp³-hybridized carbons (Fsp3) is 0.440. The third-order valence-electron chi connectivity index (χ3n) is 5.62. The Morgan fingerprint density at radius 2 is 1.63 bits per heavy atom. The maximum absolute atomic E-state index is 12.9. The van der Waals surface area contributed by atoms with Crippen molar-refractivity contribution in [1.82, 2.24) is 15.1 Å². The number of carbonyl (C=O) groups excluding carboxylic acids is 2. The molecule has 1 amide bonds. The molecule has 0 radical (unpaired) electrons. The van der Waals surface area contributed by atoms with Gasteiger partial charge in [-0.1, -0.05) is 42.5 Å². The summed E-state index contributed by atoms with van der Waals surface area (Å²) in [7, 11) is 4.01. The topological polar surface area (TPSA) is 52.7 Å². The van der Waals surface area contributed by atoms with Gasteiger partial charge in [-0.25, -0.2) is 0 Å². The van der Waals surface area contributed by atoms with Gasteiger partial charge in [0.25, 0.3) is 0 Å². The van der Waals surface area contributed by atoms with Crippen LogP contribution in [-0.4, -0.2) is 61.8 Å². The summed E-state index contributed by atoms with van der Waals surface area (Å²) >= 11 is 0. The van der Waals surface area contributed by atoms with Crippen molar-refractivity contribution in [3.63, 3.8) is 0 Å². The molecule has 1 N–H and O–H groups in total. The van der Waals surface area contributed by atoms with Crippen molar-refractivity contribution in [2.24, 2.45) is 0 Å². The predicted octanol–water partition coefficient (Wildman–Crippen LogP) is 2.93. The first-order chi connectivity index (χ1) is 14.5. The molecule has 160 valence electrons. The molecule has 0 aromatic heterocycles. The van der Waals surface area contributed by atoms with E-state index in [1.807, 2.05) is 61.5 Å². The molecule has 3 rings (SSSR count). The SMILES string of the molecule is CN(C)CCN(Cc1ccccc1)C(=O)CCC(=O)c1ccc2c(c1)CCNCC2. The van der Waals surface area contributed by atoms with E-state index in [-0.39, 0.29) is 24.5 Å². The Hall–Kier alpha value is -2.50. The van der Waals surface area contributed by atoms with Crippen molar-refractivity contribution in [3.8, 4) is 0 Å². The van der Waals surface area contributed by atoms with Crippen molar-refractivity contribution < 1.29 is 9.59 Å². The second-order valence-corrected chi connectivity index (χ2v) is 8.26. The largest absolute Gasteiger partial charge is 0.337 e. The Bertz CT molecular complexity index is 849. The van der Waals surface area contributed by atoms with E-state index in [1.165, 1.54) is 11.1 Å². The Morgan fingerprint density at radius 3 is 2.37 bits per heavy atom. The lowest BCUT2D eigenvalue weighted by atomic mass is 9.97. The third-order valence-corrected chi connectivity index (χ3v) is 5.62.